The van der Waals surface area contributed by atoms with Crippen LogP contribution in [0.5, 0.6) is 28.7 Å². The lowest BCUT2D eigenvalue weighted by molar-refractivity contribution is -0.394. The first-order chi connectivity index (χ1) is 19.1. The highest BCUT2D eigenvalue weighted by Gasteiger charge is 2.36. The first-order valence-corrected chi connectivity index (χ1v) is 12.5. The lowest BCUT2D eigenvalue weighted by atomic mass is 10.1. The largest absolute Gasteiger partial charge is 0.493 e. The molecule has 5 rings (SSSR count). The number of carbonyl (C=O) groups excluding carboxylic acids is 2. The number of amides is 2. The number of fused-ring (bicyclic) bond motifs is 1. The number of imide groups is 1. The van der Waals surface area contributed by atoms with E-state index in [1.54, 1.807) is 18.2 Å². The van der Waals surface area contributed by atoms with Crippen LogP contribution in [0.15, 0.2) is 53.4 Å². The van der Waals surface area contributed by atoms with Gasteiger partial charge in [-0.05, 0) is 53.2 Å². The van der Waals surface area contributed by atoms with Gasteiger partial charge >= 0.3 is 5.69 Å². The van der Waals surface area contributed by atoms with E-state index in [2.05, 4.69) is 0 Å². The minimum Gasteiger partial charge on any atom is -0.493 e. The van der Waals surface area contributed by atoms with Crippen molar-refractivity contribution >= 4 is 52.0 Å². The summed E-state index contributed by atoms with van der Waals surface area (Å²) in [7, 11) is 1.36. The molecule has 0 aromatic heterocycles. The normalized spacial score (nSPS) is 15.1. The number of ether oxygens (including phenoxy) is 4. The molecule has 13 nitrogen and oxygen atoms in total. The molecule has 15 heteroatoms. The number of nitro benzene ring substituents is 2. The number of nitro groups is 2. The zero-order valence-corrected chi connectivity index (χ0v) is 21.9. The van der Waals surface area contributed by atoms with Crippen LogP contribution in [-0.2, 0) is 11.3 Å². The molecule has 0 spiro atoms. The summed E-state index contributed by atoms with van der Waals surface area (Å²) in [5.41, 5.74) is -0.172. The predicted molar refractivity (Wildman–Crippen MR) is 142 cm³/mol. The Balaban J connectivity index is 1.41. The zero-order chi connectivity index (χ0) is 28.6. The first-order valence-electron chi connectivity index (χ1n) is 11.3. The fraction of sp³-hybridized carbons (Fsp3) is 0.120. The van der Waals surface area contributed by atoms with Gasteiger partial charge in [0.05, 0.1) is 34.5 Å². The molecule has 1 fully saturated rings. The number of nitrogens with zero attached hydrogens (tertiary/aromatic N) is 3. The first kappa shape index (κ1) is 26.8. The van der Waals surface area contributed by atoms with Crippen molar-refractivity contribution in [3.8, 4) is 28.7 Å². The molecule has 204 valence electrons. The third kappa shape index (κ3) is 5.21. The third-order valence-corrected chi connectivity index (χ3v) is 7.06. The molecule has 0 aliphatic carbocycles. The topological polar surface area (TPSA) is 161 Å². The van der Waals surface area contributed by atoms with Gasteiger partial charge in [0.15, 0.2) is 23.0 Å². The van der Waals surface area contributed by atoms with Crippen LogP contribution in [0.3, 0.4) is 0 Å². The van der Waals surface area contributed by atoms with Crippen molar-refractivity contribution in [1.82, 2.24) is 4.90 Å². The summed E-state index contributed by atoms with van der Waals surface area (Å²) in [5.74, 6) is 0.371. The van der Waals surface area contributed by atoms with Gasteiger partial charge in [0.1, 0.15) is 0 Å². The number of hydrogen-bond acceptors (Lipinski definition) is 11. The van der Waals surface area contributed by atoms with Gasteiger partial charge in [0.25, 0.3) is 16.8 Å². The second-order valence-corrected chi connectivity index (χ2v) is 9.64. The molecule has 2 heterocycles. The van der Waals surface area contributed by atoms with Gasteiger partial charge in [0, 0.05) is 17.2 Å². The van der Waals surface area contributed by atoms with E-state index < -0.39 is 32.4 Å². The van der Waals surface area contributed by atoms with E-state index in [1.165, 1.54) is 25.3 Å². The monoisotopic (exact) mass is 585 g/mol. The summed E-state index contributed by atoms with van der Waals surface area (Å²) in [6, 6.07) is 10.7. The summed E-state index contributed by atoms with van der Waals surface area (Å²) in [6.45, 7) is -0.0389. The van der Waals surface area contributed by atoms with Crippen molar-refractivity contribution in [2.45, 2.75) is 6.54 Å². The van der Waals surface area contributed by atoms with Gasteiger partial charge in [-0.25, -0.2) is 0 Å². The number of carbonyl (C=O) groups is 2. The Labute approximate surface area is 234 Å². The summed E-state index contributed by atoms with van der Waals surface area (Å²) in [4.78, 5) is 47.9. The molecule has 2 aliphatic heterocycles. The second-order valence-electron chi connectivity index (χ2n) is 8.24. The number of non-ortho nitro benzene ring substituents is 1. The van der Waals surface area contributed by atoms with Crippen LogP contribution in [0.25, 0.3) is 6.08 Å². The van der Waals surface area contributed by atoms with Gasteiger partial charge in [-0.2, -0.15) is 0 Å². The Hall–Kier alpha value is -4.82. The Morgan fingerprint density at radius 3 is 2.42 bits per heavy atom. The minimum absolute atomic E-state index is 0.0413. The molecule has 0 radical (unpaired) electrons. The quantitative estimate of drug-likeness (QED) is 0.175. The maximum atomic E-state index is 13.1. The number of methoxy groups -OCH3 is 1. The molecule has 0 saturated carbocycles. The van der Waals surface area contributed by atoms with E-state index in [9.17, 15) is 29.8 Å². The highest BCUT2D eigenvalue weighted by Crippen LogP contribution is 2.41. The Morgan fingerprint density at radius 1 is 1.00 bits per heavy atom. The van der Waals surface area contributed by atoms with Crippen LogP contribution in [0.4, 0.5) is 16.2 Å². The molecule has 3 aromatic carbocycles. The number of hydrogen-bond donors (Lipinski definition) is 0. The van der Waals surface area contributed by atoms with Crippen LogP contribution < -0.4 is 18.9 Å². The molecule has 2 aliphatic rings. The van der Waals surface area contributed by atoms with E-state index in [-0.39, 0.29) is 35.5 Å². The molecule has 40 heavy (non-hydrogen) atoms. The SMILES string of the molecule is COc1ccc(/C=C2\SC(=O)N(Cc3cc4c(cc3Cl)OCO4)C2=O)cc1Oc1ccc([N+](=O)[O-])cc1[N+](=O)[O-]. The molecule has 0 unspecified atom stereocenters. The van der Waals surface area contributed by atoms with Crippen LogP contribution in [0, 0.1) is 20.2 Å². The fourth-order valence-electron chi connectivity index (χ4n) is 3.87. The molecule has 0 N–H and O–H groups in total. The van der Waals surface area contributed by atoms with E-state index in [0.29, 0.717) is 27.6 Å². The lowest BCUT2D eigenvalue weighted by Gasteiger charge is -2.14. The van der Waals surface area contributed by atoms with Crippen LogP contribution in [0.1, 0.15) is 11.1 Å². The molecule has 1 saturated heterocycles. The fourth-order valence-corrected chi connectivity index (χ4v) is 4.92. The summed E-state index contributed by atoms with van der Waals surface area (Å²) in [6.07, 6.45) is 1.46. The maximum Gasteiger partial charge on any atom is 0.318 e. The Bertz CT molecular complexity index is 1630. The van der Waals surface area contributed by atoms with Gasteiger partial charge < -0.3 is 18.9 Å². The average Bonchev–Trinajstić information content (AvgIpc) is 3.47. The van der Waals surface area contributed by atoms with Crippen LogP contribution in [0.2, 0.25) is 5.02 Å². The van der Waals surface area contributed by atoms with Crippen LogP contribution >= 0.6 is 23.4 Å². The van der Waals surface area contributed by atoms with Gasteiger partial charge in [-0.1, -0.05) is 17.7 Å². The molecule has 0 bridgehead atoms. The summed E-state index contributed by atoms with van der Waals surface area (Å²) < 4.78 is 21.6. The maximum absolute atomic E-state index is 13.1. The highest BCUT2D eigenvalue weighted by atomic mass is 35.5. The molecular formula is C25H16ClN3O10S. The number of thioether (sulfide) groups is 1. The van der Waals surface area contributed by atoms with Gasteiger partial charge in [-0.3, -0.25) is 34.7 Å². The average molecular weight is 586 g/mol. The minimum atomic E-state index is -0.804. The molecule has 3 aromatic rings. The summed E-state index contributed by atoms with van der Waals surface area (Å²) in [5, 5.41) is 22.3. The van der Waals surface area contributed by atoms with Crippen molar-refractivity contribution < 1.29 is 38.4 Å². The number of benzene rings is 3. The van der Waals surface area contributed by atoms with E-state index in [4.69, 9.17) is 30.5 Å². The van der Waals surface area contributed by atoms with Crippen LogP contribution in [-0.4, -0.2) is 39.8 Å². The van der Waals surface area contributed by atoms with E-state index in [0.717, 1.165) is 34.9 Å². The smallest absolute Gasteiger partial charge is 0.318 e. The number of halogens is 1. The highest BCUT2D eigenvalue weighted by molar-refractivity contribution is 8.18. The van der Waals surface area contributed by atoms with Crippen molar-refractivity contribution in [3.63, 3.8) is 0 Å². The van der Waals surface area contributed by atoms with Crippen molar-refractivity contribution in [2.24, 2.45) is 0 Å². The molecule has 2 amide bonds. The Kier molecular flexibility index (Phi) is 7.19. The second kappa shape index (κ2) is 10.7. The zero-order valence-electron chi connectivity index (χ0n) is 20.3. The lowest BCUT2D eigenvalue weighted by Crippen LogP contribution is -2.27. The standard InChI is InChI=1S/C25H16ClN3O10S/c1-36-19-4-2-13(6-22(19)39-18-5-3-15(28(32)33)9-17(18)29(34)35)7-23-24(30)27(25(31)40-23)11-14-8-20-21(10-16(14)26)38-12-37-20/h2-10H,11-12H2,1H3/b23-7-. The molecule has 0 atom stereocenters. The van der Waals surface area contributed by atoms with E-state index >= 15 is 0 Å². The summed E-state index contributed by atoms with van der Waals surface area (Å²) >= 11 is 7.04. The van der Waals surface area contributed by atoms with Crippen molar-refractivity contribution in [3.05, 3.63) is 89.8 Å². The van der Waals surface area contributed by atoms with Gasteiger partial charge in [-0.15, -0.1) is 0 Å². The Morgan fingerprint density at radius 2 is 1.73 bits per heavy atom. The van der Waals surface area contributed by atoms with Crippen molar-refractivity contribution in [1.29, 1.82) is 0 Å². The third-order valence-electron chi connectivity index (χ3n) is 5.80. The van der Waals surface area contributed by atoms with Gasteiger partial charge in [0.2, 0.25) is 12.5 Å². The van der Waals surface area contributed by atoms with Crippen molar-refractivity contribution in [2.75, 3.05) is 13.9 Å². The molecular weight excluding hydrogens is 570 g/mol. The number of rotatable bonds is 8. The van der Waals surface area contributed by atoms with E-state index in [1.807, 2.05) is 0 Å². The predicted octanol–water partition coefficient (Wildman–Crippen LogP) is 5.92.